The molecule has 1 atom stereocenters. The third kappa shape index (κ3) is 6.02. The van der Waals surface area contributed by atoms with Crippen LogP contribution in [0.5, 0.6) is 5.75 Å². The largest absolute Gasteiger partial charge is 0.490 e. The Balaban J connectivity index is 1.72. The molecular formula is C32H30N2O6. The molecule has 0 aliphatic rings. The molecule has 4 aromatic carbocycles. The molecule has 0 aromatic heterocycles. The van der Waals surface area contributed by atoms with Crippen molar-refractivity contribution in [2.45, 2.75) is 24.3 Å². The molecule has 0 unspecified atom stereocenters. The molecule has 0 aliphatic heterocycles. The summed E-state index contributed by atoms with van der Waals surface area (Å²) in [5.74, 6) is -0.933. The van der Waals surface area contributed by atoms with Crippen LogP contribution in [0.4, 0.5) is 5.69 Å². The van der Waals surface area contributed by atoms with Gasteiger partial charge < -0.3 is 14.8 Å². The molecule has 8 heteroatoms. The summed E-state index contributed by atoms with van der Waals surface area (Å²) >= 11 is 0. The second-order valence-corrected chi connectivity index (χ2v) is 9.29. The Kier molecular flexibility index (Phi) is 8.91. The lowest BCUT2D eigenvalue weighted by molar-refractivity contribution is -0.385. The quantitative estimate of drug-likeness (QED) is 0.121. The maximum atomic E-state index is 13.8. The number of nitro groups is 1. The van der Waals surface area contributed by atoms with Gasteiger partial charge in [0.05, 0.1) is 24.6 Å². The van der Waals surface area contributed by atoms with Crippen molar-refractivity contribution in [3.05, 3.63) is 142 Å². The van der Waals surface area contributed by atoms with Crippen LogP contribution in [0.25, 0.3) is 0 Å². The zero-order valence-electron chi connectivity index (χ0n) is 22.3. The van der Waals surface area contributed by atoms with E-state index in [0.29, 0.717) is 5.56 Å². The van der Waals surface area contributed by atoms with Crippen molar-refractivity contribution in [3.63, 3.8) is 0 Å². The molecule has 0 saturated heterocycles. The monoisotopic (exact) mass is 538 g/mol. The first-order valence-corrected chi connectivity index (χ1v) is 12.7. The molecule has 1 amide bonds. The second-order valence-electron chi connectivity index (χ2n) is 9.29. The molecule has 0 aliphatic carbocycles. The number of nitro benzene ring substituents is 1. The standard InChI is InChI=1S/C32H30N2O6/c1-39-29-19-18-23(21-28(29)34(37)38)20-27(31(36)40-2)33-30(35)22-32(24-12-6-3-7-13-24,25-14-8-4-9-15-25)26-16-10-5-11-17-26/h3-19,21,27H,20,22H2,1-2H3,(H,33,35)/t27-/m0/s1. The van der Waals surface area contributed by atoms with E-state index in [9.17, 15) is 19.7 Å². The van der Waals surface area contributed by atoms with E-state index in [2.05, 4.69) is 5.32 Å². The minimum absolute atomic E-state index is 0.00128. The number of benzene rings is 4. The lowest BCUT2D eigenvalue weighted by atomic mass is 9.67. The molecule has 204 valence electrons. The van der Waals surface area contributed by atoms with Gasteiger partial charge in [0.1, 0.15) is 6.04 Å². The molecule has 0 fully saturated rings. The van der Waals surface area contributed by atoms with Gasteiger partial charge in [-0.25, -0.2) is 4.79 Å². The number of ether oxygens (including phenoxy) is 2. The van der Waals surface area contributed by atoms with E-state index in [0.717, 1.165) is 16.7 Å². The first kappa shape index (κ1) is 28.0. The van der Waals surface area contributed by atoms with E-state index in [4.69, 9.17) is 9.47 Å². The Bertz CT molecular complexity index is 1360. The summed E-state index contributed by atoms with van der Waals surface area (Å²) in [6, 6.07) is 32.6. The van der Waals surface area contributed by atoms with E-state index in [1.165, 1.54) is 26.4 Å². The van der Waals surface area contributed by atoms with Gasteiger partial charge in [-0.3, -0.25) is 14.9 Å². The fourth-order valence-electron chi connectivity index (χ4n) is 5.04. The van der Waals surface area contributed by atoms with Gasteiger partial charge >= 0.3 is 11.7 Å². The molecule has 0 spiro atoms. The van der Waals surface area contributed by atoms with Crippen LogP contribution in [0.2, 0.25) is 0 Å². The number of carbonyl (C=O) groups is 2. The number of hydrogen-bond donors (Lipinski definition) is 1. The normalized spacial score (nSPS) is 11.8. The highest BCUT2D eigenvalue weighted by Crippen LogP contribution is 2.42. The molecule has 4 rings (SSSR count). The van der Waals surface area contributed by atoms with Crippen molar-refractivity contribution < 1.29 is 24.0 Å². The molecule has 0 bridgehead atoms. The van der Waals surface area contributed by atoms with Gasteiger partial charge in [-0.05, 0) is 28.3 Å². The van der Waals surface area contributed by atoms with Crippen LogP contribution in [-0.4, -0.2) is 37.1 Å². The summed E-state index contributed by atoms with van der Waals surface area (Å²) in [5, 5.41) is 14.4. The van der Waals surface area contributed by atoms with Crippen LogP contribution in [0, 0.1) is 10.1 Å². The minimum atomic E-state index is -1.06. The van der Waals surface area contributed by atoms with E-state index < -0.39 is 22.3 Å². The predicted molar refractivity (Wildman–Crippen MR) is 151 cm³/mol. The number of nitrogens with zero attached hydrogens (tertiary/aromatic N) is 1. The first-order valence-electron chi connectivity index (χ1n) is 12.7. The van der Waals surface area contributed by atoms with Crippen LogP contribution in [-0.2, 0) is 26.2 Å². The molecule has 0 saturated carbocycles. The highest BCUT2D eigenvalue weighted by Gasteiger charge is 2.39. The highest BCUT2D eigenvalue weighted by molar-refractivity contribution is 5.86. The fraction of sp³-hybridized carbons (Fsp3) is 0.188. The number of hydrogen-bond acceptors (Lipinski definition) is 6. The van der Waals surface area contributed by atoms with Gasteiger partial charge in [-0.1, -0.05) is 97.1 Å². The highest BCUT2D eigenvalue weighted by atomic mass is 16.6. The summed E-state index contributed by atoms with van der Waals surface area (Å²) in [6.07, 6.45) is -0.000443. The number of nitrogens with one attached hydrogen (secondary N) is 1. The van der Waals surface area contributed by atoms with Crippen molar-refractivity contribution in [1.29, 1.82) is 0 Å². The summed E-state index contributed by atoms with van der Waals surface area (Å²) in [4.78, 5) is 37.6. The van der Waals surface area contributed by atoms with Crippen molar-refractivity contribution in [2.24, 2.45) is 0 Å². The maximum absolute atomic E-state index is 13.8. The van der Waals surface area contributed by atoms with E-state index in [1.807, 2.05) is 91.0 Å². The average molecular weight is 539 g/mol. The van der Waals surface area contributed by atoms with Gasteiger partial charge in [0, 0.05) is 18.9 Å². The molecule has 1 N–H and O–H groups in total. The molecule has 4 aromatic rings. The molecular weight excluding hydrogens is 508 g/mol. The topological polar surface area (TPSA) is 108 Å². The number of esters is 1. The number of methoxy groups -OCH3 is 2. The third-order valence-corrected chi connectivity index (χ3v) is 6.93. The zero-order chi connectivity index (χ0) is 28.5. The van der Waals surface area contributed by atoms with Crippen molar-refractivity contribution in [2.75, 3.05) is 14.2 Å². The van der Waals surface area contributed by atoms with Gasteiger partial charge in [0.2, 0.25) is 5.91 Å². The van der Waals surface area contributed by atoms with Crippen LogP contribution < -0.4 is 10.1 Å². The lowest BCUT2D eigenvalue weighted by Crippen LogP contribution is -2.46. The Morgan fingerprint density at radius 1 is 0.825 bits per heavy atom. The lowest BCUT2D eigenvalue weighted by Gasteiger charge is -2.36. The number of rotatable bonds is 11. The maximum Gasteiger partial charge on any atom is 0.328 e. The first-order chi connectivity index (χ1) is 19.4. The number of carbonyl (C=O) groups excluding carboxylic acids is 2. The molecule has 0 radical (unpaired) electrons. The smallest absolute Gasteiger partial charge is 0.328 e. The van der Waals surface area contributed by atoms with Gasteiger partial charge in [-0.15, -0.1) is 0 Å². The van der Waals surface area contributed by atoms with Crippen LogP contribution >= 0.6 is 0 Å². The zero-order valence-corrected chi connectivity index (χ0v) is 22.3. The van der Waals surface area contributed by atoms with Gasteiger partial charge in [0.25, 0.3) is 0 Å². The van der Waals surface area contributed by atoms with Gasteiger partial charge in [-0.2, -0.15) is 0 Å². The van der Waals surface area contributed by atoms with E-state index in [-0.39, 0.29) is 30.2 Å². The van der Waals surface area contributed by atoms with Gasteiger partial charge in [0.15, 0.2) is 5.75 Å². The van der Waals surface area contributed by atoms with Crippen LogP contribution in [0.1, 0.15) is 28.7 Å². The third-order valence-electron chi connectivity index (χ3n) is 6.93. The van der Waals surface area contributed by atoms with E-state index >= 15 is 0 Å². The van der Waals surface area contributed by atoms with Crippen molar-refractivity contribution in [1.82, 2.24) is 5.32 Å². The average Bonchev–Trinajstić information content (AvgIpc) is 3.00. The molecule has 40 heavy (non-hydrogen) atoms. The van der Waals surface area contributed by atoms with Crippen molar-refractivity contribution >= 4 is 17.6 Å². The van der Waals surface area contributed by atoms with Crippen LogP contribution in [0.15, 0.2) is 109 Å². The fourth-order valence-corrected chi connectivity index (χ4v) is 5.04. The minimum Gasteiger partial charge on any atom is -0.490 e. The van der Waals surface area contributed by atoms with E-state index in [1.54, 1.807) is 6.07 Å². The Labute approximate surface area is 232 Å². The SMILES string of the molecule is COC(=O)[C@H](Cc1ccc(OC)c([N+](=O)[O-])c1)NC(=O)CC(c1ccccc1)(c1ccccc1)c1ccccc1. The van der Waals surface area contributed by atoms with Crippen LogP contribution in [0.3, 0.4) is 0 Å². The second kappa shape index (κ2) is 12.7. The summed E-state index contributed by atoms with van der Waals surface area (Å²) < 4.78 is 10.1. The Hall–Kier alpha value is -4.98. The Morgan fingerprint density at radius 2 is 1.32 bits per heavy atom. The number of amides is 1. The molecule has 8 nitrogen and oxygen atoms in total. The van der Waals surface area contributed by atoms with Crippen molar-refractivity contribution in [3.8, 4) is 5.75 Å². The Morgan fingerprint density at radius 3 is 1.75 bits per heavy atom. The predicted octanol–water partition coefficient (Wildman–Crippen LogP) is 5.23. The molecule has 0 heterocycles. The summed E-state index contributed by atoms with van der Waals surface area (Å²) in [7, 11) is 2.58. The summed E-state index contributed by atoms with van der Waals surface area (Å²) in [6.45, 7) is 0. The summed E-state index contributed by atoms with van der Waals surface area (Å²) in [5.41, 5.74) is 2.15.